The maximum absolute atomic E-state index is 12.4. The number of nitrogens with one attached hydrogen (secondary N) is 1. The number of anilines is 1. The minimum atomic E-state index is -0.181. The van der Waals surface area contributed by atoms with Crippen LogP contribution in [0, 0.1) is 6.92 Å². The van der Waals surface area contributed by atoms with Crippen molar-refractivity contribution in [3.8, 4) is 10.6 Å². The SMILES string of the molecule is Cc1c(NC(=O)C=Cc2ccc(Cl)cc2)cccc1-c1nc2ccccc2s1. The van der Waals surface area contributed by atoms with Gasteiger partial charge < -0.3 is 5.32 Å². The number of aromatic nitrogens is 1. The van der Waals surface area contributed by atoms with Crippen molar-refractivity contribution >= 4 is 50.8 Å². The van der Waals surface area contributed by atoms with Gasteiger partial charge in [0, 0.05) is 22.3 Å². The number of fused-ring (bicyclic) bond motifs is 1. The summed E-state index contributed by atoms with van der Waals surface area (Å²) in [7, 11) is 0. The average molecular weight is 405 g/mol. The van der Waals surface area contributed by atoms with Crippen LogP contribution in [-0.4, -0.2) is 10.9 Å². The van der Waals surface area contributed by atoms with E-state index in [0.717, 1.165) is 37.6 Å². The Balaban J connectivity index is 1.56. The molecule has 0 aliphatic rings. The van der Waals surface area contributed by atoms with Crippen LogP contribution in [-0.2, 0) is 4.79 Å². The summed E-state index contributed by atoms with van der Waals surface area (Å²) in [5.41, 5.74) is 4.71. The molecule has 138 valence electrons. The summed E-state index contributed by atoms with van der Waals surface area (Å²) in [6, 6.07) is 21.3. The standard InChI is InChI=1S/C23H17ClN2OS/c1-15-18(23-26-20-6-2-3-8-21(20)28-23)5-4-7-19(15)25-22(27)14-11-16-9-12-17(24)13-10-16/h2-14H,1H3,(H,25,27). The smallest absolute Gasteiger partial charge is 0.248 e. The van der Waals surface area contributed by atoms with Crippen LogP contribution < -0.4 is 5.32 Å². The van der Waals surface area contributed by atoms with Gasteiger partial charge in [0.15, 0.2) is 0 Å². The van der Waals surface area contributed by atoms with Crippen LogP contribution in [0.25, 0.3) is 26.9 Å². The summed E-state index contributed by atoms with van der Waals surface area (Å²) in [4.78, 5) is 17.1. The van der Waals surface area contributed by atoms with E-state index in [1.807, 2.05) is 55.5 Å². The number of amides is 1. The van der Waals surface area contributed by atoms with Crippen molar-refractivity contribution in [2.45, 2.75) is 6.92 Å². The highest BCUT2D eigenvalue weighted by Gasteiger charge is 2.11. The Morgan fingerprint density at radius 2 is 1.82 bits per heavy atom. The average Bonchev–Trinajstić information content (AvgIpc) is 3.13. The molecule has 0 aliphatic carbocycles. The van der Waals surface area contributed by atoms with Gasteiger partial charge in [-0.3, -0.25) is 4.79 Å². The molecule has 0 spiro atoms. The first kappa shape index (κ1) is 18.4. The van der Waals surface area contributed by atoms with E-state index in [2.05, 4.69) is 11.4 Å². The lowest BCUT2D eigenvalue weighted by atomic mass is 10.1. The highest BCUT2D eigenvalue weighted by molar-refractivity contribution is 7.21. The molecule has 0 unspecified atom stereocenters. The predicted octanol–water partition coefficient (Wildman–Crippen LogP) is 6.58. The Morgan fingerprint density at radius 1 is 1.04 bits per heavy atom. The maximum Gasteiger partial charge on any atom is 0.248 e. The number of benzene rings is 3. The minimum absolute atomic E-state index is 0.181. The molecule has 0 bridgehead atoms. The quantitative estimate of drug-likeness (QED) is 0.390. The number of hydrogen-bond donors (Lipinski definition) is 1. The van der Waals surface area contributed by atoms with Crippen molar-refractivity contribution in [1.29, 1.82) is 0 Å². The third-order valence-corrected chi connectivity index (χ3v) is 5.73. The Kier molecular flexibility index (Phi) is 5.24. The van der Waals surface area contributed by atoms with Crippen molar-refractivity contribution in [2.24, 2.45) is 0 Å². The number of thiazole rings is 1. The number of nitrogens with zero attached hydrogens (tertiary/aromatic N) is 1. The van der Waals surface area contributed by atoms with Crippen molar-refractivity contribution in [3.63, 3.8) is 0 Å². The second-order valence-corrected chi connectivity index (χ2v) is 7.81. The van der Waals surface area contributed by atoms with E-state index in [4.69, 9.17) is 16.6 Å². The molecule has 0 atom stereocenters. The topological polar surface area (TPSA) is 42.0 Å². The molecule has 1 heterocycles. The van der Waals surface area contributed by atoms with Gasteiger partial charge >= 0.3 is 0 Å². The number of carbonyl (C=O) groups excluding carboxylic acids is 1. The minimum Gasteiger partial charge on any atom is -0.322 e. The highest BCUT2D eigenvalue weighted by atomic mass is 35.5. The van der Waals surface area contributed by atoms with Gasteiger partial charge in [-0.2, -0.15) is 0 Å². The second kappa shape index (κ2) is 7.97. The van der Waals surface area contributed by atoms with E-state index in [1.165, 1.54) is 6.08 Å². The predicted molar refractivity (Wildman–Crippen MR) is 119 cm³/mol. The Labute approximate surface area is 172 Å². The van der Waals surface area contributed by atoms with Crippen LogP contribution in [0.5, 0.6) is 0 Å². The van der Waals surface area contributed by atoms with Gasteiger partial charge in [0.25, 0.3) is 0 Å². The fourth-order valence-electron chi connectivity index (χ4n) is 2.91. The molecule has 1 aromatic heterocycles. The maximum atomic E-state index is 12.4. The first-order valence-electron chi connectivity index (χ1n) is 8.80. The van der Waals surface area contributed by atoms with Crippen molar-refractivity contribution in [1.82, 2.24) is 4.98 Å². The van der Waals surface area contributed by atoms with Crippen molar-refractivity contribution in [2.75, 3.05) is 5.32 Å². The first-order chi connectivity index (χ1) is 13.6. The molecular weight excluding hydrogens is 388 g/mol. The summed E-state index contributed by atoms with van der Waals surface area (Å²) >= 11 is 7.53. The molecule has 3 aromatic carbocycles. The molecule has 0 saturated carbocycles. The summed E-state index contributed by atoms with van der Waals surface area (Å²) in [6.07, 6.45) is 3.28. The summed E-state index contributed by atoms with van der Waals surface area (Å²) in [6.45, 7) is 2.00. The summed E-state index contributed by atoms with van der Waals surface area (Å²) in [5.74, 6) is -0.181. The molecule has 4 aromatic rings. The lowest BCUT2D eigenvalue weighted by molar-refractivity contribution is -0.111. The van der Waals surface area contributed by atoms with E-state index in [1.54, 1.807) is 29.5 Å². The molecule has 28 heavy (non-hydrogen) atoms. The van der Waals surface area contributed by atoms with E-state index in [-0.39, 0.29) is 5.91 Å². The molecule has 0 aliphatic heterocycles. The van der Waals surface area contributed by atoms with Crippen LogP contribution in [0.15, 0.2) is 72.8 Å². The van der Waals surface area contributed by atoms with Gasteiger partial charge in [0.05, 0.1) is 10.2 Å². The highest BCUT2D eigenvalue weighted by Crippen LogP contribution is 2.34. The first-order valence-corrected chi connectivity index (χ1v) is 10.00. The Morgan fingerprint density at radius 3 is 2.61 bits per heavy atom. The summed E-state index contributed by atoms with van der Waals surface area (Å²) in [5, 5.41) is 4.58. The monoisotopic (exact) mass is 404 g/mol. The zero-order chi connectivity index (χ0) is 19.5. The van der Waals surface area contributed by atoms with Gasteiger partial charge in [-0.25, -0.2) is 4.98 Å². The van der Waals surface area contributed by atoms with Gasteiger partial charge in [-0.05, 0) is 54.5 Å². The molecule has 0 saturated heterocycles. The lowest BCUT2D eigenvalue weighted by Crippen LogP contribution is -2.09. The molecule has 4 rings (SSSR count). The van der Waals surface area contributed by atoms with E-state index < -0.39 is 0 Å². The fourth-order valence-corrected chi connectivity index (χ4v) is 4.08. The molecular formula is C23H17ClN2OS. The van der Waals surface area contributed by atoms with Crippen LogP contribution >= 0.6 is 22.9 Å². The zero-order valence-corrected chi connectivity index (χ0v) is 16.7. The lowest BCUT2D eigenvalue weighted by Gasteiger charge is -2.10. The molecule has 1 amide bonds. The summed E-state index contributed by atoms with van der Waals surface area (Å²) < 4.78 is 1.15. The van der Waals surface area contributed by atoms with Crippen LogP contribution in [0.4, 0.5) is 5.69 Å². The third kappa shape index (κ3) is 3.98. The number of carbonyl (C=O) groups is 1. The van der Waals surface area contributed by atoms with Crippen molar-refractivity contribution in [3.05, 3.63) is 89.0 Å². The number of halogens is 1. The number of hydrogen-bond acceptors (Lipinski definition) is 3. The fraction of sp³-hybridized carbons (Fsp3) is 0.0435. The van der Waals surface area contributed by atoms with E-state index in [0.29, 0.717) is 5.02 Å². The zero-order valence-electron chi connectivity index (χ0n) is 15.1. The van der Waals surface area contributed by atoms with Gasteiger partial charge in [0.1, 0.15) is 5.01 Å². The Hall–Kier alpha value is -2.95. The number of para-hydroxylation sites is 1. The third-order valence-electron chi connectivity index (χ3n) is 4.41. The van der Waals surface area contributed by atoms with Crippen molar-refractivity contribution < 1.29 is 4.79 Å². The van der Waals surface area contributed by atoms with Crippen LogP contribution in [0.2, 0.25) is 5.02 Å². The van der Waals surface area contributed by atoms with Gasteiger partial charge in [-0.1, -0.05) is 48.0 Å². The Bertz CT molecular complexity index is 1150. The normalized spacial score (nSPS) is 11.2. The largest absolute Gasteiger partial charge is 0.322 e. The second-order valence-electron chi connectivity index (χ2n) is 6.34. The molecule has 0 fully saturated rings. The molecule has 5 heteroatoms. The van der Waals surface area contributed by atoms with E-state index >= 15 is 0 Å². The number of rotatable bonds is 4. The molecule has 1 N–H and O–H groups in total. The van der Waals surface area contributed by atoms with Crippen LogP contribution in [0.1, 0.15) is 11.1 Å². The van der Waals surface area contributed by atoms with Gasteiger partial charge in [0.2, 0.25) is 5.91 Å². The van der Waals surface area contributed by atoms with Crippen LogP contribution in [0.3, 0.4) is 0 Å². The molecule has 0 radical (unpaired) electrons. The molecule has 3 nitrogen and oxygen atoms in total. The van der Waals surface area contributed by atoms with Gasteiger partial charge in [-0.15, -0.1) is 11.3 Å². The van der Waals surface area contributed by atoms with E-state index in [9.17, 15) is 4.79 Å².